The van der Waals surface area contributed by atoms with Gasteiger partial charge in [-0.05, 0) is 17.7 Å². The summed E-state index contributed by atoms with van der Waals surface area (Å²) in [7, 11) is 0. The predicted octanol–water partition coefficient (Wildman–Crippen LogP) is 0.920. The molecule has 98 valence electrons. The molecule has 0 heterocycles. The molecule has 0 aliphatic heterocycles. The first kappa shape index (κ1) is 14.2. The van der Waals surface area contributed by atoms with Crippen molar-refractivity contribution in [3.8, 4) is 5.75 Å². The van der Waals surface area contributed by atoms with E-state index in [0.717, 1.165) is 5.56 Å². The fourth-order valence-electron chi connectivity index (χ4n) is 1.41. The average molecular weight is 250 g/mol. The second kappa shape index (κ2) is 6.76. The maximum Gasteiger partial charge on any atom is 0.219 e. The van der Waals surface area contributed by atoms with Crippen LogP contribution in [-0.2, 0) is 9.59 Å². The van der Waals surface area contributed by atoms with Gasteiger partial charge in [0.1, 0.15) is 12.4 Å². The van der Waals surface area contributed by atoms with Crippen molar-refractivity contribution in [1.29, 1.82) is 0 Å². The average Bonchev–Trinajstić information content (AvgIpc) is 2.35. The summed E-state index contributed by atoms with van der Waals surface area (Å²) in [5, 5.41) is 0. The van der Waals surface area contributed by atoms with Crippen molar-refractivity contribution < 1.29 is 14.3 Å². The Morgan fingerprint density at radius 3 is 2.39 bits per heavy atom. The first-order chi connectivity index (χ1) is 8.52. The Balaban J connectivity index is 2.57. The summed E-state index contributed by atoms with van der Waals surface area (Å²) in [4.78, 5) is 21.8. The summed E-state index contributed by atoms with van der Waals surface area (Å²) in [6.07, 6.45) is 0.566. The lowest BCUT2D eigenvalue weighted by molar-refractivity contribution is -0.120. The van der Waals surface area contributed by atoms with Crippen molar-refractivity contribution in [1.82, 2.24) is 0 Å². The van der Waals surface area contributed by atoms with E-state index in [0.29, 0.717) is 12.2 Å². The van der Waals surface area contributed by atoms with E-state index < -0.39 is 11.9 Å². The normalized spacial score (nSPS) is 11.9. The van der Waals surface area contributed by atoms with E-state index in [1.54, 1.807) is 31.2 Å². The van der Waals surface area contributed by atoms with Crippen LogP contribution in [-0.4, -0.2) is 18.3 Å². The molecular weight excluding hydrogens is 232 g/mol. The lowest BCUT2D eigenvalue weighted by Crippen LogP contribution is -2.20. The Kier molecular flexibility index (Phi) is 5.32. The molecule has 0 spiro atoms. The van der Waals surface area contributed by atoms with E-state index in [2.05, 4.69) is 0 Å². The highest BCUT2D eigenvalue weighted by Crippen LogP contribution is 2.18. The lowest BCUT2D eigenvalue weighted by atomic mass is 10.0. The number of ketones is 1. The molecule has 0 aliphatic rings. The van der Waals surface area contributed by atoms with Gasteiger partial charge in [0, 0.05) is 18.9 Å². The quantitative estimate of drug-likeness (QED) is 0.752. The molecule has 0 saturated heterocycles. The minimum absolute atomic E-state index is 0.0458. The molecule has 5 nitrogen and oxygen atoms in total. The van der Waals surface area contributed by atoms with E-state index in [9.17, 15) is 9.59 Å². The van der Waals surface area contributed by atoms with Gasteiger partial charge in [0.05, 0.1) is 0 Å². The van der Waals surface area contributed by atoms with Gasteiger partial charge >= 0.3 is 0 Å². The van der Waals surface area contributed by atoms with E-state index in [1.165, 1.54) is 0 Å². The number of ether oxygens (including phenoxy) is 1. The maximum absolute atomic E-state index is 11.1. The Bertz CT molecular complexity index is 415. The van der Waals surface area contributed by atoms with E-state index in [1.807, 2.05) is 0 Å². The summed E-state index contributed by atoms with van der Waals surface area (Å²) in [6, 6.07) is 6.56. The van der Waals surface area contributed by atoms with Gasteiger partial charge in [-0.15, -0.1) is 0 Å². The Morgan fingerprint density at radius 1 is 1.28 bits per heavy atom. The molecule has 1 rings (SSSR count). The molecule has 0 fully saturated rings. The van der Waals surface area contributed by atoms with Gasteiger partial charge in [0.15, 0.2) is 5.78 Å². The van der Waals surface area contributed by atoms with Crippen molar-refractivity contribution >= 4 is 11.7 Å². The molecule has 1 aromatic carbocycles. The van der Waals surface area contributed by atoms with Crippen LogP contribution >= 0.6 is 0 Å². The molecular formula is C13H18N2O3. The fourth-order valence-corrected chi connectivity index (χ4v) is 1.41. The zero-order valence-corrected chi connectivity index (χ0v) is 10.4. The zero-order valence-electron chi connectivity index (χ0n) is 10.4. The molecule has 4 N–H and O–H groups in total. The fraction of sp³-hybridized carbons (Fsp3) is 0.385. The summed E-state index contributed by atoms with van der Waals surface area (Å²) in [5.74, 6) is 0.215. The first-order valence-electron chi connectivity index (χ1n) is 5.81. The number of hydrogen-bond acceptors (Lipinski definition) is 4. The summed E-state index contributed by atoms with van der Waals surface area (Å²) < 4.78 is 5.29. The number of amides is 1. The molecule has 0 saturated carbocycles. The largest absolute Gasteiger partial charge is 0.486 e. The van der Waals surface area contributed by atoms with Crippen LogP contribution in [0.2, 0.25) is 0 Å². The smallest absolute Gasteiger partial charge is 0.219 e. The van der Waals surface area contributed by atoms with E-state index >= 15 is 0 Å². The number of primary amides is 1. The molecule has 0 radical (unpaired) electrons. The molecule has 1 amide bonds. The number of carbonyl (C=O) groups excluding carboxylic acids is 2. The van der Waals surface area contributed by atoms with Crippen molar-refractivity contribution in [3.63, 3.8) is 0 Å². The van der Waals surface area contributed by atoms with Gasteiger partial charge in [-0.2, -0.15) is 0 Å². The number of hydrogen-bond donors (Lipinski definition) is 2. The second-order valence-electron chi connectivity index (χ2n) is 4.03. The molecule has 0 bridgehead atoms. The Hall–Kier alpha value is -1.88. The Morgan fingerprint density at radius 2 is 1.89 bits per heavy atom. The zero-order chi connectivity index (χ0) is 13.5. The van der Waals surface area contributed by atoms with Crippen LogP contribution < -0.4 is 16.2 Å². The standard InChI is InChI=1S/C13H18N2O3/c1-2-10(16)8-18-11-5-3-9(4-6-11)12(14)7-13(15)17/h3-6,12H,2,7-8,14H2,1H3,(H2,15,17). The van der Waals surface area contributed by atoms with Crippen LogP contribution in [0.5, 0.6) is 5.75 Å². The SMILES string of the molecule is CCC(=O)COc1ccc(C(N)CC(N)=O)cc1. The highest BCUT2D eigenvalue weighted by atomic mass is 16.5. The van der Waals surface area contributed by atoms with Gasteiger partial charge in [0.25, 0.3) is 0 Å². The molecule has 0 aliphatic carbocycles. The summed E-state index contributed by atoms with van der Waals surface area (Å²) in [6.45, 7) is 1.86. The minimum Gasteiger partial charge on any atom is -0.486 e. The predicted molar refractivity (Wildman–Crippen MR) is 68.0 cm³/mol. The number of nitrogens with two attached hydrogens (primary N) is 2. The molecule has 0 aromatic heterocycles. The van der Waals surface area contributed by atoms with Gasteiger partial charge in [0.2, 0.25) is 5.91 Å². The van der Waals surface area contributed by atoms with Gasteiger partial charge in [-0.3, -0.25) is 9.59 Å². The third kappa shape index (κ3) is 4.55. The van der Waals surface area contributed by atoms with Crippen LogP contribution in [0.25, 0.3) is 0 Å². The molecule has 1 aromatic rings. The van der Waals surface area contributed by atoms with Crippen LogP contribution in [0, 0.1) is 0 Å². The first-order valence-corrected chi connectivity index (χ1v) is 5.81. The van der Waals surface area contributed by atoms with E-state index in [4.69, 9.17) is 16.2 Å². The van der Waals surface area contributed by atoms with Crippen molar-refractivity contribution in [2.45, 2.75) is 25.8 Å². The monoisotopic (exact) mass is 250 g/mol. The van der Waals surface area contributed by atoms with Gasteiger partial charge in [-0.1, -0.05) is 19.1 Å². The van der Waals surface area contributed by atoms with Crippen LogP contribution in [0.15, 0.2) is 24.3 Å². The second-order valence-corrected chi connectivity index (χ2v) is 4.03. The molecule has 18 heavy (non-hydrogen) atoms. The third-order valence-corrected chi connectivity index (χ3v) is 2.52. The number of benzene rings is 1. The summed E-state index contributed by atoms with van der Waals surface area (Å²) >= 11 is 0. The minimum atomic E-state index is -0.434. The highest BCUT2D eigenvalue weighted by Gasteiger charge is 2.09. The molecule has 5 heteroatoms. The Labute approximate surface area is 106 Å². The molecule has 1 unspecified atom stereocenters. The van der Waals surface area contributed by atoms with Gasteiger partial charge in [-0.25, -0.2) is 0 Å². The van der Waals surface area contributed by atoms with Crippen molar-refractivity contribution in [2.24, 2.45) is 11.5 Å². The van der Waals surface area contributed by atoms with Crippen LogP contribution in [0.1, 0.15) is 31.4 Å². The summed E-state index contributed by atoms with van der Waals surface area (Å²) in [5.41, 5.74) is 11.7. The number of Topliss-reactive ketones (excluding diaryl/α,β-unsaturated/α-hetero) is 1. The van der Waals surface area contributed by atoms with Crippen LogP contribution in [0.4, 0.5) is 0 Å². The number of rotatable bonds is 7. The third-order valence-electron chi connectivity index (χ3n) is 2.52. The highest BCUT2D eigenvalue weighted by molar-refractivity contribution is 5.79. The topological polar surface area (TPSA) is 95.4 Å². The van der Waals surface area contributed by atoms with Crippen molar-refractivity contribution in [2.75, 3.05) is 6.61 Å². The molecule has 1 atom stereocenters. The van der Waals surface area contributed by atoms with Crippen molar-refractivity contribution in [3.05, 3.63) is 29.8 Å². The lowest BCUT2D eigenvalue weighted by Gasteiger charge is -2.11. The van der Waals surface area contributed by atoms with E-state index in [-0.39, 0.29) is 18.8 Å². The maximum atomic E-state index is 11.1. The number of carbonyl (C=O) groups is 2. The van der Waals surface area contributed by atoms with Crippen LogP contribution in [0.3, 0.4) is 0 Å². The van der Waals surface area contributed by atoms with Gasteiger partial charge < -0.3 is 16.2 Å².